The van der Waals surface area contributed by atoms with Gasteiger partial charge < -0.3 is 19.9 Å². The molecule has 2 N–H and O–H groups in total. The molecule has 9 nitrogen and oxygen atoms in total. The fourth-order valence-electron chi connectivity index (χ4n) is 6.21. The zero-order valence-electron chi connectivity index (χ0n) is 29.1. The van der Waals surface area contributed by atoms with Gasteiger partial charge in [0.15, 0.2) is 11.6 Å². The largest absolute Gasteiger partial charge is 0.494 e. The number of nitrogens with one attached hydrogen (secondary N) is 1. The average molecular weight is 730 g/mol. The van der Waals surface area contributed by atoms with E-state index in [0.29, 0.717) is 48.3 Å². The van der Waals surface area contributed by atoms with Crippen molar-refractivity contribution in [1.29, 1.82) is 0 Å². The quantitative estimate of drug-likeness (QED) is 0.0429. The van der Waals surface area contributed by atoms with Crippen LogP contribution in [0, 0.1) is 5.82 Å². The molecule has 6 rings (SSSR count). The number of thioether (sulfide) groups is 1. The molecule has 0 fully saturated rings. The van der Waals surface area contributed by atoms with Crippen molar-refractivity contribution in [2.24, 2.45) is 10.1 Å². The lowest BCUT2D eigenvalue weighted by Gasteiger charge is -2.31. The van der Waals surface area contributed by atoms with Gasteiger partial charge in [-0.1, -0.05) is 96.1 Å². The van der Waals surface area contributed by atoms with E-state index >= 15 is 0 Å². The van der Waals surface area contributed by atoms with Crippen LogP contribution in [-0.2, 0) is 28.2 Å². The van der Waals surface area contributed by atoms with Crippen LogP contribution >= 0.6 is 11.8 Å². The molecule has 1 heterocycles. The second-order valence-electron chi connectivity index (χ2n) is 12.5. The third-order valence-electron chi connectivity index (χ3n) is 8.95. The first-order valence-electron chi connectivity index (χ1n) is 17.4. The summed E-state index contributed by atoms with van der Waals surface area (Å²) < 4.78 is 25.9. The molecule has 5 aromatic rings. The number of azide groups is 1. The monoisotopic (exact) mass is 729 g/mol. The summed E-state index contributed by atoms with van der Waals surface area (Å²) in [5, 5.41) is 16.1. The zero-order chi connectivity index (χ0) is 36.9. The summed E-state index contributed by atoms with van der Waals surface area (Å²) in [5.74, 6) is 1.69. The van der Waals surface area contributed by atoms with Crippen LogP contribution in [0.3, 0.4) is 0 Å². The molecule has 0 unspecified atom stereocenters. The first-order valence-corrected chi connectivity index (χ1v) is 18.6. The van der Waals surface area contributed by atoms with Crippen molar-refractivity contribution < 1.29 is 23.8 Å². The van der Waals surface area contributed by atoms with Crippen LogP contribution in [0.5, 0.6) is 5.75 Å². The lowest BCUT2D eigenvalue weighted by Crippen LogP contribution is -2.50. The first-order chi connectivity index (χ1) is 26.0. The Morgan fingerprint density at radius 2 is 1.58 bits per heavy atom. The topological polar surface area (TPSA) is 129 Å². The van der Waals surface area contributed by atoms with Gasteiger partial charge in [0.1, 0.15) is 11.6 Å². The first kappa shape index (κ1) is 37.2. The number of ether oxygens (including phenoxy) is 2. The van der Waals surface area contributed by atoms with Crippen LogP contribution < -0.4 is 10.1 Å². The van der Waals surface area contributed by atoms with Crippen molar-refractivity contribution in [3.05, 3.63) is 171 Å². The zero-order valence-corrected chi connectivity index (χ0v) is 29.9. The van der Waals surface area contributed by atoms with E-state index in [0.717, 1.165) is 33.4 Å². The number of aliphatic hydroxyl groups is 1. The smallest absolute Gasteiger partial charge is 0.252 e. The second-order valence-corrected chi connectivity index (χ2v) is 13.7. The van der Waals surface area contributed by atoms with E-state index in [4.69, 9.17) is 25.1 Å². The standard InChI is InChI=1S/C42H40FN5O4S/c43-37-19-11-30(12-20-37)29-53-26-23-45-41(50)42(27-35-9-4-5-10-36(35)28-46-48-44)39(33-15-13-32(14-16-33)31-7-2-1-3-8-31)52-40(47-42)34-17-21-38(22-18-34)51-25-6-24-49/h1-5,7-22,39,49H,6,23-29H2,(H,45,50)/t39-,42-/m1/s1. The number of hydrogen-bond donors (Lipinski definition) is 2. The summed E-state index contributed by atoms with van der Waals surface area (Å²) >= 11 is 1.64. The van der Waals surface area contributed by atoms with Crippen molar-refractivity contribution in [3.8, 4) is 16.9 Å². The van der Waals surface area contributed by atoms with Gasteiger partial charge in [-0.25, -0.2) is 9.38 Å². The van der Waals surface area contributed by atoms with E-state index < -0.39 is 11.6 Å². The summed E-state index contributed by atoms with van der Waals surface area (Å²) in [7, 11) is 0. The van der Waals surface area contributed by atoms with Gasteiger partial charge in [0.25, 0.3) is 5.91 Å². The minimum Gasteiger partial charge on any atom is -0.494 e. The Kier molecular flexibility index (Phi) is 12.8. The molecule has 53 heavy (non-hydrogen) atoms. The highest BCUT2D eigenvalue weighted by molar-refractivity contribution is 7.98. The minimum absolute atomic E-state index is 0.0412. The Morgan fingerprint density at radius 3 is 2.30 bits per heavy atom. The maximum absolute atomic E-state index is 14.7. The molecule has 5 aromatic carbocycles. The van der Waals surface area contributed by atoms with E-state index in [1.807, 2.05) is 103 Å². The van der Waals surface area contributed by atoms with Crippen molar-refractivity contribution in [2.45, 2.75) is 36.8 Å². The van der Waals surface area contributed by atoms with E-state index in [1.165, 1.54) is 12.1 Å². The Labute approximate surface area is 312 Å². The van der Waals surface area contributed by atoms with Crippen LogP contribution in [0.15, 0.2) is 138 Å². The maximum atomic E-state index is 14.7. The molecule has 270 valence electrons. The van der Waals surface area contributed by atoms with E-state index in [1.54, 1.807) is 23.9 Å². The van der Waals surface area contributed by atoms with E-state index in [-0.39, 0.29) is 31.3 Å². The van der Waals surface area contributed by atoms with Gasteiger partial charge in [-0.3, -0.25) is 4.79 Å². The maximum Gasteiger partial charge on any atom is 0.252 e. The molecular formula is C42H40FN5O4S. The highest BCUT2D eigenvalue weighted by Gasteiger charge is 2.53. The molecule has 0 saturated carbocycles. The molecule has 0 saturated heterocycles. The van der Waals surface area contributed by atoms with Gasteiger partial charge in [0, 0.05) is 48.0 Å². The number of amides is 1. The number of nitrogens with zero attached hydrogens (tertiary/aromatic N) is 4. The molecule has 0 bridgehead atoms. The van der Waals surface area contributed by atoms with Crippen molar-refractivity contribution >= 4 is 23.6 Å². The highest BCUT2D eigenvalue weighted by atomic mass is 32.2. The molecule has 1 aliphatic heterocycles. The number of aliphatic imine (C=N–C) groups is 1. The normalized spacial score (nSPS) is 16.3. The number of aliphatic hydroxyl groups excluding tert-OH is 1. The summed E-state index contributed by atoms with van der Waals surface area (Å²) in [5.41, 5.74) is 13.8. The third-order valence-corrected chi connectivity index (χ3v) is 9.98. The molecular weight excluding hydrogens is 690 g/mol. The van der Waals surface area contributed by atoms with Gasteiger partial charge in [-0.05, 0) is 75.3 Å². The van der Waals surface area contributed by atoms with Crippen molar-refractivity contribution in [3.63, 3.8) is 0 Å². The van der Waals surface area contributed by atoms with Crippen molar-refractivity contribution in [2.75, 3.05) is 25.5 Å². The molecule has 0 aliphatic carbocycles. The SMILES string of the molecule is [N-]=[N+]=NCc1ccccc1C[C@@]1(C(=O)NCCSCc2ccc(F)cc2)N=C(c2ccc(OCCCO)cc2)O[C@@H]1c1ccc(-c2ccccc2)cc1. The summed E-state index contributed by atoms with van der Waals surface area (Å²) in [6.45, 7) is 0.918. The van der Waals surface area contributed by atoms with Gasteiger partial charge in [0.2, 0.25) is 5.90 Å². The van der Waals surface area contributed by atoms with Crippen LogP contribution in [0.1, 0.15) is 40.3 Å². The molecule has 0 aromatic heterocycles. The van der Waals surface area contributed by atoms with Crippen LogP contribution in [0.25, 0.3) is 21.6 Å². The van der Waals surface area contributed by atoms with Gasteiger partial charge >= 0.3 is 0 Å². The van der Waals surface area contributed by atoms with E-state index in [2.05, 4.69) is 15.3 Å². The number of halogens is 1. The Hall–Kier alpha value is -5.61. The second kappa shape index (κ2) is 18.2. The van der Waals surface area contributed by atoms with Gasteiger partial charge in [-0.2, -0.15) is 11.8 Å². The van der Waals surface area contributed by atoms with Gasteiger partial charge in [-0.15, -0.1) is 0 Å². The fraction of sp³-hybridized carbons (Fsp3) is 0.238. The number of carbonyl (C=O) groups excluding carboxylic acids is 1. The molecule has 2 atom stereocenters. The summed E-state index contributed by atoms with van der Waals surface area (Å²) in [4.78, 5) is 22.9. The number of rotatable bonds is 17. The van der Waals surface area contributed by atoms with Crippen LogP contribution in [0.2, 0.25) is 0 Å². The third kappa shape index (κ3) is 9.44. The Balaban J connectivity index is 1.35. The average Bonchev–Trinajstić information content (AvgIpc) is 3.59. The van der Waals surface area contributed by atoms with Crippen LogP contribution in [-0.4, -0.2) is 48.0 Å². The minimum atomic E-state index is -1.44. The number of carbonyl (C=O) groups is 1. The number of hydrogen-bond acceptors (Lipinski definition) is 7. The predicted molar refractivity (Wildman–Crippen MR) is 207 cm³/mol. The fourth-order valence-corrected chi connectivity index (χ4v) is 7.02. The Morgan fingerprint density at radius 1 is 0.906 bits per heavy atom. The molecule has 11 heteroatoms. The summed E-state index contributed by atoms with van der Waals surface area (Å²) in [6.07, 6.45) is -0.108. The predicted octanol–water partition coefficient (Wildman–Crippen LogP) is 8.61. The van der Waals surface area contributed by atoms with Crippen LogP contribution in [0.4, 0.5) is 4.39 Å². The Bertz CT molecular complexity index is 2040. The lowest BCUT2D eigenvalue weighted by molar-refractivity contribution is -0.128. The molecule has 1 aliphatic rings. The van der Waals surface area contributed by atoms with E-state index in [9.17, 15) is 9.18 Å². The van der Waals surface area contributed by atoms with Gasteiger partial charge in [0.05, 0.1) is 13.2 Å². The molecule has 0 spiro atoms. The highest BCUT2D eigenvalue weighted by Crippen LogP contribution is 2.43. The van der Waals surface area contributed by atoms with Crippen molar-refractivity contribution in [1.82, 2.24) is 5.32 Å². The lowest BCUT2D eigenvalue weighted by atomic mass is 9.80. The molecule has 0 radical (unpaired) electrons. The summed E-state index contributed by atoms with van der Waals surface area (Å²) in [6, 6.07) is 39.4. The number of benzene rings is 5. The molecule has 1 amide bonds.